The Balaban J connectivity index is 2.26. The minimum atomic E-state index is -0.430. The number of aryl methyl sites for hydroxylation is 2. The van der Waals surface area contributed by atoms with Gasteiger partial charge in [0.2, 0.25) is 0 Å². The van der Waals surface area contributed by atoms with Gasteiger partial charge in [0.25, 0.3) is 5.91 Å². The van der Waals surface area contributed by atoms with Crippen LogP contribution in [0.3, 0.4) is 0 Å². The van der Waals surface area contributed by atoms with Crippen molar-refractivity contribution in [1.29, 1.82) is 0 Å². The number of nitrogens with one attached hydrogen (secondary N) is 2. The third-order valence-corrected chi connectivity index (χ3v) is 3.10. The van der Waals surface area contributed by atoms with Crippen LogP contribution in [0.4, 0.5) is 5.82 Å². The lowest BCUT2D eigenvalue weighted by Crippen LogP contribution is -2.14. The molecular weight excluding hydrogens is 272 g/mol. The first kappa shape index (κ1) is 14.8. The second-order valence-corrected chi connectivity index (χ2v) is 4.67. The molecule has 0 spiro atoms. The first-order valence-corrected chi connectivity index (χ1v) is 6.61. The predicted molar refractivity (Wildman–Crippen MR) is 77.4 cm³/mol. The molecule has 112 valence electrons. The monoisotopic (exact) mass is 290 g/mol. The maximum absolute atomic E-state index is 12.2. The number of rotatable bonds is 4. The lowest BCUT2D eigenvalue weighted by molar-refractivity contribution is 0.0525. The van der Waals surface area contributed by atoms with E-state index >= 15 is 0 Å². The van der Waals surface area contributed by atoms with Crippen molar-refractivity contribution in [3.63, 3.8) is 0 Å². The average Bonchev–Trinajstić information content (AvgIpc) is 2.93. The SMILES string of the molecule is CCOC(=O)c1c(C)[nH]c(C(=O)Nc2ccn(C)n2)c1C. The van der Waals surface area contributed by atoms with Crippen LogP contribution in [0.15, 0.2) is 12.3 Å². The largest absolute Gasteiger partial charge is 0.462 e. The summed E-state index contributed by atoms with van der Waals surface area (Å²) in [5.41, 5.74) is 1.92. The predicted octanol–water partition coefficient (Wildman–Crippen LogP) is 1.79. The molecule has 0 aliphatic carbocycles. The summed E-state index contributed by atoms with van der Waals surface area (Å²) < 4.78 is 6.59. The van der Waals surface area contributed by atoms with E-state index in [1.807, 2.05) is 0 Å². The second-order valence-electron chi connectivity index (χ2n) is 4.67. The van der Waals surface area contributed by atoms with Gasteiger partial charge in [-0.25, -0.2) is 4.79 Å². The fraction of sp³-hybridized carbons (Fsp3) is 0.357. The van der Waals surface area contributed by atoms with Crippen molar-refractivity contribution in [1.82, 2.24) is 14.8 Å². The Morgan fingerprint density at radius 1 is 1.43 bits per heavy atom. The zero-order chi connectivity index (χ0) is 15.6. The molecule has 0 atom stereocenters. The molecule has 0 radical (unpaired) electrons. The maximum Gasteiger partial charge on any atom is 0.340 e. The van der Waals surface area contributed by atoms with Crippen molar-refractivity contribution in [2.75, 3.05) is 11.9 Å². The molecule has 0 unspecified atom stereocenters. The summed E-state index contributed by atoms with van der Waals surface area (Å²) in [4.78, 5) is 27.1. The fourth-order valence-electron chi connectivity index (χ4n) is 2.15. The normalized spacial score (nSPS) is 10.5. The topological polar surface area (TPSA) is 89.0 Å². The van der Waals surface area contributed by atoms with Crippen LogP contribution in [-0.2, 0) is 11.8 Å². The zero-order valence-electron chi connectivity index (χ0n) is 12.5. The van der Waals surface area contributed by atoms with Gasteiger partial charge >= 0.3 is 5.97 Å². The van der Waals surface area contributed by atoms with Crippen molar-refractivity contribution >= 4 is 17.7 Å². The molecular formula is C14H18N4O3. The summed E-state index contributed by atoms with van der Waals surface area (Å²) in [5, 5.41) is 6.76. The quantitative estimate of drug-likeness (QED) is 0.840. The van der Waals surface area contributed by atoms with E-state index in [1.54, 1.807) is 44.8 Å². The van der Waals surface area contributed by atoms with E-state index in [0.717, 1.165) is 0 Å². The zero-order valence-corrected chi connectivity index (χ0v) is 12.5. The van der Waals surface area contributed by atoms with Crippen LogP contribution in [0.5, 0.6) is 0 Å². The minimum Gasteiger partial charge on any atom is -0.462 e. The number of amides is 1. The van der Waals surface area contributed by atoms with Crippen LogP contribution in [0, 0.1) is 13.8 Å². The lowest BCUT2D eigenvalue weighted by Gasteiger charge is -2.03. The highest BCUT2D eigenvalue weighted by molar-refractivity contribution is 6.06. The lowest BCUT2D eigenvalue weighted by atomic mass is 10.1. The van der Waals surface area contributed by atoms with E-state index < -0.39 is 5.97 Å². The number of hydrogen-bond acceptors (Lipinski definition) is 4. The van der Waals surface area contributed by atoms with Crippen LogP contribution in [0.25, 0.3) is 0 Å². The van der Waals surface area contributed by atoms with Crippen LogP contribution in [0.1, 0.15) is 39.0 Å². The van der Waals surface area contributed by atoms with E-state index in [4.69, 9.17) is 4.74 Å². The molecule has 1 amide bonds. The summed E-state index contributed by atoms with van der Waals surface area (Å²) in [6.07, 6.45) is 1.73. The van der Waals surface area contributed by atoms with Gasteiger partial charge in [-0.3, -0.25) is 9.48 Å². The molecule has 7 nitrogen and oxygen atoms in total. The van der Waals surface area contributed by atoms with Crippen LogP contribution < -0.4 is 5.32 Å². The first-order valence-electron chi connectivity index (χ1n) is 6.61. The van der Waals surface area contributed by atoms with Crippen molar-refractivity contribution in [2.24, 2.45) is 7.05 Å². The van der Waals surface area contributed by atoms with E-state index in [0.29, 0.717) is 34.9 Å². The molecule has 0 bridgehead atoms. The molecule has 0 saturated carbocycles. The number of hydrogen-bond donors (Lipinski definition) is 2. The molecule has 2 aromatic rings. The third kappa shape index (κ3) is 2.96. The highest BCUT2D eigenvalue weighted by Gasteiger charge is 2.23. The molecule has 21 heavy (non-hydrogen) atoms. The highest BCUT2D eigenvalue weighted by atomic mass is 16.5. The van der Waals surface area contributed by atoms with Crippen molar-refractivity contribution in [3.8, 4) is 0 Å². The van der Waals surface area contributed by atoms with Gasteiger partial charge in [0.1, 0.15) is 5.69 Å². The first-order chi connectivity index (χ1) is 9.93. The Hall–Kier alpha value is -2.57. The Labute approximate surface area is 122 Å². The second kappa shape index (κ2) is 5.82. The number of aromatic amines is 1. The minimum absolute atomic E-state index is 0.290. The maximum atomic E-state index is 12.2. The van der Waals surface area contributed by atoms with Gasteiger partial charge in [-0.05, 0) is 26.3 Å². The number of aromatic nitrogens is 3. The smallest absolute Gasteiger partial charge is 0.340 e. The molecule has 2 heterocycles. The number of H-pyrrole nitrogens is 1. The summed E-state index contributed by atoms with van der Waals surface area (Å²) in [5.74, 6) is -0.322. The van der Waals surface area contributed by atoms with Gasteiger partial charge in [-0.1, -0.05) is 0 Å². The summed E-state index contributed by atoms with van der Waals surface area (Å²) in [7, 11) is 1.76. The van der Waals surface area contributed by atoms with Crippen molar-refractivity contribution in [3.05, 3.63) is 34.8 Å². The van der Waals surface area contributed by atoms with Crippen molar-refractivity contribution < 1.29 is 14.3 Å². The van der Waals surface area contributed by atoms with E-state index in [2.05, 4.69) is 15.4 Å². The standard InChI is InChI=1S/C14H18N4O3/c1-5-21-14(20)11-8(2)12(15-9(11)3)13(19)16-10-6-7-18(4)17-10/h6-7,15H,5H2,1-4H3,(H,16,17,19). The summed E-state index contributed by atoms with van der Waals surface area (Å²) in [6, 6.07) is 1.69. The van der Waals surface area contributed by atoms with Gasteiger partial charge < -0.3 is 15.0 Å². The molecule has 0 aliphatic rings. The van der Waals surface area contributed by atoms with E-state index in [1.165, 1.54) is 0 Å². The fourth-order valence-corrected chi connectivity index (χ4v) is 2.15. The highest BCUT2D eigenvalue weighted by Crippen LogP contribution is 2.20. The Bertz CT molecular complexity index is 684. The molecule has 2 aromatic heterocycles. The number of nitrogens with zero attached hydrogens (tertiary/aromatic N) is 2. The van der Waals surface area contributed by atoms with Gasteiger partial charge in [-0.15, -0.1) is 0 Å². The molecule has 2 rings (SSSR count). The van der Waals surface area contributed by atoms with E-state index in [-0.39, 0.29) is 5.91 Å². The van der Waals surface area contributed by atoms with Crippen LogP contribution >= 0.6 is 0 Å². The number of ether oxygens (including phenoxy) is 1. The Kier molecular flexibility index (Phi) is 4.11. The molecule has 0 fully saturated rings. The molecule has 0 saturated heterocycles. The van der Waals surface area contributed by atoms with Gasteiger partial charge in [-0.2, -0.15) is 5.10 Å². The van der Waals surface area contributed by atoms with Crippen LogP contribution in [-0.4, -0.2) is 33.2 Å². The number of carbonyl (C=O) groups excluding carboxylic acids is 2. The van der Waals surface area contributed by atoms with Gasteiger partial charge in [0.15, 0.2) is 5.82 Å². The molecule has 0 aromatic carbocycles. The van der Waals surface area contributed by atoms with Crippen LogP contribution in [0.2, 0.25) is 0 Å². The molecule has 7 heteroatoms. The summed E-state index contributed by atoms with van der Waals surface area (Å²) in [6.45, 7) is 5.47. The molecule has 2 N–H and O–H groups in total. The number of esters is 1. The molecule has 0 aliphatic heterocycles. The van der Waals surface area contributed by atoms with Crippen molar-refractivity contribution in [2.45, 2.75) is 20.8 Å². The van der Waals surface area contributed by atoms with Gasteiger partial charge in [0, 0.05) is 25.0 Å². The Morgan fingerprint density at radius 2 is 2.14 bits per heavy atom. The Morgan fingerprint density at radius 3 is 2.71 bits per heavy atom. The number of carbonyl (C=O) groups is 2. The summed E-state index contributed by atoms with van der Waals surface area (Å²) >= 11 is 0. The van der Waals surface area contributed by atoms with E-state index in [9.17, 15) is 9.59 Å². The number of anilines is 1. The average molecular weight is 290 g/mol. The third-order valence-electron chi connectivity index (χ3n) is 3.10. The van der Waals surface area contributed by atoms with Gasteiger partial charge in [0.05, 0.1) is 12.2 Å².